The van der Waals surface area contributed by atoms with Crippen molar-refractivity contribution in [3.8, 4) is 17.0 Å². The first-order chi connectivity index (χ1) is 11.1. The van der Waals surface area contributed by atoms with Crippen LogP contribution in [0.5, 0.6) is 5.75 Å². The van der Waals surface area contributed by atoms with Crippen molar-refractivity contribution >= 4 is 18.3 Å². The largest absolute Gasteiger partial charge is 0.435 e. The fraction of sp³-hybridized carbons (Fsp3) is 0.333. The zero-order valence-electron chi connectivity index (χ0n) is 12.6. The lowest BCUT2D eigenvalue weighted by Crippen LogP contribution is -2.48. The minimum absolute atomic E-state index is 0. The molecule has 1 aromatic heterocycles. The van der Waals surface area contributed by atoms with Crippen LogP contribution in [0.2, 0.25) is 0 Å². The van der Waals surface area contributed by atoms with E-state index in [1.165, 1.54) is 18.3 Å². The Labute approximate surface area is 143 Å². The summed E-state index contributed by atoms with van der Waals surface area (Å²) in [5.41, 5.74) is 1.39. The summed E-state index contributed by atoms with van der Waals surface area (Å²) in [6.07, 6.45) is 1.42. The fourth-order valence-corrected chi connectivity index (χ4v) is 2.33. The monoisotopic (exact) mass is 358 g/mol. The van der Waals surface area contributed by atoms with Crippen molar-refractivity contribution in [3.05, 3.63) is 36.0 Å². The first-order valence-corrected chi connectivity index (χ1v) is 7.21. The highest BCUT2D eigenvalue weighted by molar-refractivity contribution is 5.99. The van der Waals surface area contributed by atoms with E-state index in [1.54, 1.807) is 12.1 Å². The maximum Gasteiger partial charge on any atom is 0.387 e. The number of aromatic amines is 1. The Morgan fingerprint density at radius 1 is 1.42 bits per heavy atom. The predicted octanol–water partition coefficient (Wildman–Crippen LogP) is 2.05. The summed E-state index contributed by atoms with van der Waals surface area (Å²) in [6.45, 7) is -0.520. The first kappa shape index (κ1) is 18.2. The van der Waals surface area contributed by atoms with Crippen LogP contribution in [-0.2, 0) is 0 Å². The van der Waals surface area contributed by atoms with Gasteiger partial charge in [-0.25, -0.2) is 0 Å². The van der Waals surface area contributed by atoms with Crippen LogP contribution in [-0.4, -0.2) is 42.4 Å². The maximum absolute atomic E-state index is 12.3. The maximum atomic E-state index is 12.3. The zero-order valence-corrected chi connectivity index (χ0v) is 13.4. The lowest BCUT2D eigenvalue weighted by molar-refractivity contribution is -0.0498. The van der Waals surface area contributed by atoms with Crippen molar-refractivity contribution in [2.45, 2.75) is 6.61 Å². The molecular weight excluding hydrogens is 342 g/mol. The molecule has 1 aliphatic rings. The number of nitrogens with one attached hydrogen (secondary N) is 3. The number of nitrogens with zero attached hydrogens (tertiary/aromatic N) is 1. The SMILES string of the molecule is Cl.O=C(NCC1CNC1)c1cn[nH]c1-c1cccc(OC(F)F)c1. The van der Waals surface area contributed by atoms with Crippen molar-refractivity contribution < 1.29 is 18.3 Å². The van der Waals surface area contributed by atoms with E-state index >= 15 is 0 Å². The van der Waals surface area contributed by atoms with E-state index in [-0.39, 0.29) is 24.1 Å². The molecule has 1 fully saturated rings. The molecule has 2 heterocycles. The lowest BCUT2D eigenvalue weighted by Gasteiger charge is -2.27. The number of ether oxygens (including phenoxy) is 1. The molecule has 6 nitrogen and oxygen atoms in total. The Kier molecular flexibility index (Phi) is 6.10. The van der Waals surface area contributed by atoms with E-state index in [2.05, 4.69) is 25.6 Å². The molecule has 1 saturated heterocycles. The number of alkyl halides is 2. The molecule has 0 unspecified atom stereocenters. The molecule has 0 aliphatic carbocycles. The van der Waals surface area contributed by atoms with Gasteiger partial charge in [-0.3, -0.25) is 9.89 Å². The second kappa shape index (κ2) is 8.07. The van der Waals surface area contributed by atoms with Gasteiger partial charge in [-0.1, -0.05) is 12.1 Å². The Hall–Kier alpha value is -2.19. The van der Waals surface area contributed by atoms with E-state index in [0.29, 0.717) is 29.3 Å². The number of carbonyl (C=O) groups is 1. The highest BCUT2D eigenvalue weighted by atomic mass is 35.5. The molecule has 0 spiro atoms. The predicted molar refractivity (Wildman–Crippen MR) is 86.6 cm³/mol. The Bertz CT molecular complexity index is 692. The highest BCUT2D eigenvalue weighted by Gasteiger charge is 2.20. The molecule has 1 aromatic carbocycles. The molecule has 24 heavy (non-hydrogen) atoms. The Balaban J connectivity index is 0.00000208. The molecule has 1 aliphatic heterocycles. The summed E-state index contributed by atoms with van der Waals surface area (Å²) < 4.78 is 29.0. The van der Waals surface area contributed by atoms with E-state index in [0.717, 1.165) is 13.1 Å². The molecule has 0 atom stereocenters. The molecule has 9 heteroatoms. The van der Waals surface area contributed by atoms with Crippen LogP contribution >= 0.6 is 12.4 Å². The smallest absolute Gasteiger partial charge is 0.387 e. The van der Waals surface area contributed by atoms with Gasteiger partial charge < -0.3 is 15.4 Å². The van der Waals surface area contributed by atoms with Gasteiger partial charge in [-0.2, -0.15) is 13.9 Å². The third kappa shape index (κ3) is 4.21. The van der Waals surface area contributed by atoms with Gasteiger partial charge in [0.2, 0.25) is 0 Å². The number of aromatic nitrogens is 2. The normalized spacial score (nSPS) is 14.0. The summed E-state index contributed by atoms with van der Waals surface area (Å²) in [5, 5.41) is 12.6. The minimum atomic E-state index is -2.90. The summed E-state index contributed by atoms with van der Waals surface area (Å²) >= 11 is 0. The van der Waals surface area contributed by atoms with Crippen molar-refractivity contribution in [1.29, 1.82) is 0 Å². The summed E-state index contributed by atoms with van der Waals surface area (Å²) in [5.74, 6) is 0.219. The Morgan fingerprint density at radius 2 is 2.21 bits per heavy atom. The summed E-state index contributed by atoms with van der Waals surface area (Å²) in [6, 6.07) is 6.13. The van der Waals surface area contributed by atoms with Gasteiger partial charge in [-0.05, 0) is 12.1 Å². The van der Waals surface area contributed by atoms with Gasteiger partial charge >= 0.3 is 6.61 Å². The van der Waals surface area contributed by atoms with Gasteiger partial charge in [0.25, 0.3) is 5.91 Å². The fourth-order valence-electron chi connectivity index (χ4n) is 2.33. The highest BCUT2D eigenvalue weighted by Crippen LogP contribution is 2.26. The first-order valence-electron chi connectivity index (χ1n) is 7.21. The molecule has 3 N–H and O–H groups in total. The van der Waals surface area contributed by atoms with Crippen LogP contribution in [0.25, 0.3) is 11.3 Å². The standard InChI is InChI=1S/C15H16F2N4O2.ClH/c16-15(17)23-11-3-1-2-10(4-11)13-12(8-20-21-13)14(22)19-7-9-5-18-6-9;/h1-4,8-9,15,18H,5-7H2,(H,19,22)(H,20,21);1H. The molecular formula is C15H17ClF2N4O2. The number of amides is 1. The third-order valence-corrected chi connectivity index (χ3v) is 3.65. The van der Waals surface area contributed by atoms with Gasteiger partial charge in [-0.15, -0.1) is 12.4 Å². The Morgan fingerprint density at radius 3 is 2.88 bits per heavy atom. The van der Waals surface area contributed by atoms with E-state index in [1.807, 2.05) is 0 Å². The second-order valence-electron chi connectivity index (χ2n) is 5.30. The van der Waals surface area contributed by atoms with Crippen LogP contribution in [0.4, 0.5) is 8.78 Å². The van der Waals surface area contributed by atoms with Crippen LogP contribution in [0.15, 0.2) is 30.5 Å². The molecule has 3 rings (SSSR count). The topological polar surface area (TPSA) is 79.0 Å². The summed E-state index contributed by atoms with van der Waals surface area (Å²) in [7, 11) is 0. The zero-order chi connectivity index (χ0) is 16.2. The molecule has 1 amide bonds. The number of rotatable bonds is 6. The van der Waals surface area contributed by atoms with Crippen molar-refractivity contribution in [1.82, 2.24) is 20.8 Å². The van der Waals surface area contributed by atoms with Gasteiger partial charge in [0.05, 0.1) is 17.5 Å². The van der Waals surface area contributed by atoms with Gasteiger partial charge in [0, 0.05) is 31.1 Å². The quantitative estimate of drug-likeness (QED) is 0.738. The van der Waals surface area contributed by atoms with Crippen molar-refractivity contribution in [2.24, 2.45) is 5.92 Å². The van der Waals surface area contributed by atoms with Crippen molar-refractivity contribution in [2.75, 3.05) is 19.6 Å². The number of benzene rings is 1. The molecule has 0 saturated carbocycles. The van der Waals surface area contributed by atoms with E-state index in [4.69, 9.17) is 0 Å². The average Bonchev–Trinajstić information content (AvgIpc) is 2.94. The molecule has 130 valence electrons. The molecule has 0 radical (unpaired) electrons. The molecule has 0 bridgehead atoms. The third-order valence-electron chi connectivity index (χ3n) is 3.65. The number of hydrogen-bond donors (Lipinski definition) is 3. The minimum Gasteiger partial charge on any atom is -0.435 e. The number of carbonyl (C=O) groups excluding carboxylic acids is 1. The van der Waals surface area contributed by atoms with Crippen LogP contribution < -0.4 is 15.4 Å². The van der Waals surface area contributed by atoms with Gasteiger partial charge in [0.15, 0.2) is 0 Å². The average molecular weight is 359 g/mol. The van der Waals surface area contributed by atoms with Gasteiger partial charge in [0.1, 0.15) is 5.75 Å². The van der Waals surface area contributed by atoms with E-state index < -0.39 is 6.61 Å². The van der Waals surface area contributed by atoms with Crippen LogP contribution in [0.1, 0.15) is 10.4 Å². The summed E-state index contributed by atoms with van der Waals surface area (Å²) in [4.78, 5) is 12.3. The van der Waals surface area contributed by atoms with Crippen molar-refractivity contribution in [3.63, 3.8) is 0 Å². The number of hydrogen-bond acceptors (Lipinski definition) is 4. The van der Waals surface area contributed by atoms with E-state index in [9.17, 15) is 13.6 Å². The second-order valence-corrected chi connectivity index (χ2v) is 5.30. The van der Waals surface area contributed by atoms with Crippen LogP contribution in [0, 0.1) is 5.92 Å². The molecule has 2 aromatic rings. The lowest BCUT2D eigenvalue weighted by atomic mass is 10.0. The number of halogens is 3. The number of H-pyrrole nitrogens is 1. The van der Waals surface area contributed by atoms with Crippen LogP contribution in [0.3, 0.4) is 0 Å².